The van der Waals surface area contributed by atoms with E-state index in [0.717, 1.165) is 16.5 Å². The van der Waals surface area contributed by atoms with Gasteiger partial charge in [0.15, 0.2) is 5.43 Å². The van der Waals surface area contributed by atoms with Gasteiger partial charge in [-0.1, -0.05) is 54.1 Å². The van der Waals surface area contributed by atoms with E-state index in [1.807, 2.05) is 73.7 Å². The molecular formula is C31H24ClN5O3. The van der Waals surface area contributed by atoms with Crippen molar-refractivity contribution >= 4 is 39.2 Å². The zero-order valence-electron chi connectivity index (χ0n) is 21.7. The monoisotopic (exact) mass is 549 g/mol. The summed E-state index contributed by atoms with van der Waals surface area (Å²) in [5.41, 5.74) is 3.05. The van der Waals surface area contributed by atoms with Gasteiger partial charge in [-0.15, -0.1) is 0 Å². The number of aromatic nitrogens is 4. The van der Waals surface area contributed by atoms with Crippen molar-refractivity contribution in [2.75, 3.05) is 12.4 Å². The van der Waals surface area contributed by atoms with Gasteiger partial charge in [0.1, 0.15) is 28.9 Å². The zero-order valence-corrected chi connectivity index (χ0v) is 22.4. The minimum absolute atomic E-state index is 0.178. The normalized spacial score (nSPS) is 12.0. The van der Waals surface area contributed by atoms with Crippen molar-refractivity contribution in [3.63, 3.8) is 0 Å². The third-order valence-corrected chi connectivity index (χ3v) is 7.21. The molecule has 3 heterocycles. The zero-order chi connectivity index (χ0) is 27.8. The minimum Gasteiger partial charge on any atom is -0.495 e. The van der Waals surface area contributed by atoms with Crippen molar-refractivity contribution in [3.05, 3.63) is 123 Å². The molecule has 2 N–H and O–H groups in total. The molecule has 0 radical (unpaired) electrons. The molecule has 0 aliphatic carbocycles. The number of rotatable bonds is 6. The predicted octanol–water partition coefficient (Wildman–Crippen LogP) is 6.12. The van der Waals surface area contributed by atoms with Crippen LogP contribution < -0.4 is 21.0 Å². The Kier molecular flexibility index (Phi) is 6.53. The molecule has 0 fully saturated rings. The van der Waals surface area contributed by atoms with Crippen LogP contribution in [-0.2, 0) is 0 Å². The number of ether oxygens (including phenoxy) is 1. The molecule has 3 aromatic heterocycles. The summed E-state index contributed by atoms with van der Waals surface area (Å²) in [7, 11) is 1.56. The second-order valence-electron chi connectivity index (χ2n) is 9.32. The third kappa shape index (κ3) is 4.38. The summed E-state index contributed by atoms with van der Waals surface area (Å²) in [5, 5.41) is 5.53. The average Bonchev–Trinajstić information content (AvgIpc) is 2.97. The Morgan fingerprint density at radius 1 is 0.950 bits per heavy atom. The number of aromatic amines is 1. The van der Waals surface area contributed by atoms with Crippen LogP contribution in [0.4, 0.5) is 5.82 Å². The van der Waals surface area contributed by atoms with Crippen LogP contribution in [0.25, 0.3) is 38.6 Å². The number of methoxy groups -OCH3 is 1. The quantitative estimate of drug-likeness (QED) is 0.259. The van der Waals surface area contributed by atoms with Crippen molar-refractivity contribution in [3.8, 4) is 22.6 Å². The molecule has 0 bridgehead atoms. The van der Waals surface area contributed by atoms with E-state index < -0.39 is 6.04 Å². The molecule has 0 saturated heterocycles. The molecule has 1 atom stereocenters. The van der Waals surface area contributed by atoms with E-state index in [4.69, 9.17) is 16.3 Å². The fourth-order valence-corrected chi connectivity index (χ4v) is 5.20. The number of H-pyrrole nitrogens is 1. The number of hydrogen-bond acceptors (Lipinski definition) is 6. The maximum atomic E-state index is 14.4. The molecule has 3 aromatic carbocycles. The van der Waals surface area contributed by atoms with Gasteiger partial charge in [-0.2, -0.15) is 0 Å². The van der Waals surface area contributed by atoms with Crippen LogP contribution in [0.3, 0.4) is 0 Å². The summed E-state index contributed by atoms with van der Waals surface area (Å²) in [5.74, 6) is 0.912. The molecule has 198 valence electrons. The van der Waals surface area contributed by atoms with E-state index in [0.29, 0.717) is 44.4 Å². The van der Waals surface area contributed by atoms with Gasteiger partial charge >= 0.3 is 0 Å². The number of halogens is 1. The van der Waals surface area contributed by atoms with Gasteiger partial charge in [0.25, 0.3) is 5.56 Å². The molecule has 8 nitrogen and oxygen atoms in total. The Morgan fingerprint density at radius 3 is 2.58 bits per heavy atom. The maximum Gasteiger partial charge on any atom is 0.263 e. The minimum atomic E-state index is -0.408. The summed E-state index contributed by atoms with van der Waals surface area (Å²) in [6.07, 6.45) is 2.94. The van der Waals surface area contributed by atoms with Crippen molar-refractivity contribution in [1.29, 1.82) is 0 Å². The Hall–Kier alpha value is -4.95. The Morgan fingerprint density at radius 2 is 1.77 bits per heavy atom. The first-order chi connectivity index (χ1) is 19.5. The molecule has 0 aliphatic rings. The number of anilines is 1. The van der Waals surface area contributed by atoms with E-state index in [-0.39, 0.29) is 11.0 Å². The molecule has 0 saturated carbocycles. The van der Waals surface area contributed by atoms with Gasteiger partial charge in [-0.05, 0) is 53.8 Å². The number of fused-ring (bicyclic) bond motifs is 2. The maximum absolute atomic E-state index is 14.4. The van der Waals surface area contributed by atoms with E-state index in [1.165, 1.54) is 12.4 Å². The Balaban J connectivity index is 1.57. The largest absolute Gasteiger partial charge is 0.495 e. The lowest BCUT2D eigenvalue weighted by molar-refractivity contribution is 0.415. The Bertz CT molecular complexity index is 2000. The topological polar surface area (TPSA) is 102 Å². The van der Waals surface area contributed by atoms with Crippen LogP contribution >= 0.6 is 11.6 Å². The van der Waals surface area contributed by atoms with Crippen LogP contribution in [0, 0.1) is 0 Å². The van der Waals surface area contributed by atoms with Crippen molar-refractivity contribution in [1.82, 2.24) is 19.5 Å². The van der Waals surface area contributed by atoms with Crippen molar-refractivity contribution in [2.45, 2.75) is 13.0 Å². The van der Waals surface area contributed by atoms with Gasteiger partial charge < -0.3 is 15.0 Å². The fourth-order valence-electron chi connectivity index (χ4n) is 5.01. The van der Waals surface area contributed by atoms with E-state index in [2.05, 4.69) is 20.3 Å². The summed E-state index contributed by atoms with van der Waals surface area (Å²) in [6, 6.07) is 23.7. The number of nitrogens with zero attached hydrogens (tertiary/aromatic N) is 3. The molecular weight excluding hydrogens is 526 g/mol. The highest BCUT2D eigenvalue weighted by Gasteiger charge is 2.20. The smallest absolute Gasteiger partial charge is 0.263 e. The van der Waals surface area contributed by atoms with Gasteiger partial charge in [-0.3, -0.25) is 14.2 Å². The van der Waals surface area contributed by atoms with Crippen molar-refractivity contribution in [2.24, 2.45) is 0 Å². The average molecular weight is 550 g/mol. The second kappa shape index (κ2) is 10.3. The van der Waals surface area contributed by atoms with Gasteiger partial charge in [-0.25, -0.2) is 9.97 Å². The van der Waals surface area contributed by atoms with Crippen LogP contribution in [-0.4, -0.2) is 26.6 Å². The first kappa shape index (κ1) is 25.3. The first-order valence-electron chi connectivity index (χ1n) is 12.6. The molecule has 6 rings (SSSR count). The van der Waals surface area contributed by atoms with E-state index >= 15 is 0 Å². The van der Waals surface area contributed by atoms with Gasteiger partial charge in [0.05, 0.1) is 23.6 Å². The van der Waals surface area contributed by atoms with Crippen LogP contribution in [0.5, 0.6) is 5.75 Å². The standard InChI is InChI=1S/C31H24ClN5O3/c1-18(36-30-28-25(38)13-14-33-29(28)34-17-35-30)24-15-20-7-6-10-22(19-11-12-23(32)26(16-19)40-2)27(20)31(39)37(24)21-8-4-3-5-9-21/h3-18H,1-2H3,(H2,33,34,35,36,38)/t18-/m0/s1. The van der Waals surface area contributed by atoms with Crippen LogP contribution in [0.2, 0.25) is 5.02 Å². The SMILES string of the molecule is COc1cc(-c2cccc3cc([C@H](C)Nc4ncnc5[nH]ccc(=O)c45)n(-c4ccccc4)c(=O)c23)ccc1Cl. The number of pyridine rings is 2. The lowest BCUT2D eigenvalue weighted by atomic mass is 9.97. The summed E-state index contributed by atoms with van der Waals surface area (Å²) < 4.78 is 7.13. The molecule has 0 amide bonds. The highest BCUT2D eigenvalue weighted by atomic mass is 35.5. The molecule has 0 unspecified atom stereocenters. The van der Waals surface area contributed by atoms with E-state index in [9.17, 15) is 9.59 Å². The van der Waals surface area contributed by atoms with Crippen molar-refractivity contribution < 1.29 is 4.74 Å². The number of nitrogens with one attached hydrogen (secondary N) is 2. The van der Waals surface area contributed by atoms with Crippen LogP contribution in [0.1, 0.15) is 18.7 Å². The number of hydrogen-bond donors (Lipinski definition) is 2. The summed E-state index contributed by atoms with van der Waals surface area (Å²) in [4.78, 5) is 38.6. The van der Waals surface area contributed by atoms with E-state index in [1.54, 1.807) is 23.9 Å². The summed E-state index contributed by atoms with van der Waals surface area (Å²) in [6.45, 7) is 1.93. The van der Waals surface area contributed by atoms with Crippen LogP contribution in [0.15, 0.2) is 101 Å². The van der Waals surface area contributed by atoms with Gasteiger partial charge in [0.2, 0.25) is 0 Å². The number of benzene rings is 3. The lowest BCUT2D eigenvalue weighted by Crippen LogP contribution is -2.26. The lowest BCUT2D eigenvalue weighted by Gasteiger charge is -2.22. The summed E-state index contributed by atoms with van der Waals surface area (Å²) >= 11 is 6.28. The molecule has 0 spiro atoms. The number of para-hydroxylation sites is 1. The Labute approximate surface area is 233 Å². The van der Waals surface area contributed by atoms with Gasteiger partial charge in [0, 0.05) is 23.6 Å². The third-order valence-electron chi connectivity index (χ3n) is 6.90. The second-order valence-corrected chi connectivity index (χ2v) is 9.73. The predicted molar refractivity (Wildman–Crippen MR) is 159 cm³/mol. The molecule has 0 aliphatic heterocycles. The molecule has 40 heavy (non-hydrogen) atoms. The highest BCUT2D eigenvalue weighted by molar-refractivity contribution is 6.32. The highest BCUT2D eigenvalue weighted by Crippen LogP contribution is 2.34. The molecule has 9 heteroatoms. The first-order valence-corrected chi connectivity index (χ1v) is 13.0. The fraction of sp³-hybridized carbons (Fsp3) is 0.0968. The molecule has 6 aromatic rings.